The Morgan fingerprint density at radius 3 is 1.94 bits per heavy atom. The molecule has 0 aliphatic rings. The highest BCUT2D eigenvalue weighted by molar-refractivity contribution is 7.15. The summed E-state index contributed by atoms with van der Waals surface area (Å²) in [6.45, 7) is 3.01. The second-order valence-corrected chi connectivity index (χ2v) is 13.8. The van der Waals surface area contributed by atoms with Crippen molar-refractivity contribution in [2.75, 3.05) is 26.2 Å². The van der Waals surface area contributed by atoms with Crippen LogP contribution < -0.4 is 26.8 Å². The van der Waals surface area contributed by atoms with Crippen LogP contribution in [-0.2, 0) is 6.42 Å². The van der Waals surface area contributed by atoms with Crippen molar-refractivity contribution in [3.63, 3.8) is 0 Å². The minimum absolute atomic E-state index is 0.0228. The van der Waals surface area contributed by atoms with Crippen molar-refractivity contribution >= 4 is 46.3 Å². The number of aryl methyl sites for hydroxylation is 1. The maximum Gasteiger partial charge on any atom is 0.273 e. The lowest BCUT2D eigenvalue weighted by atomic mass is 10.2. The Balaban J connectivity index is 0.906. The Morgan fingerprint density at radius 1 is 0.717 bits per heavy atom. The minimum atomic E-state index is -0.521. The van der Waals surface area contributed by atoms with E-state index >= 15 is 0 Å². The molecule has 53 heavy (non-hydrogen) atoms. The van der Waals surface area contributed by atoms with Gasteiger partial charge < -0.3 is 35.3 Å². The fraction of sp³-hybridized carbons (Fsp3) is 0.222. The van der Waals surface area contributed by atoms with E-state index in [0.29, 0.717) is 60.8 Å². The summed E-state index contributed by atoms with van der Waals surface area (Å²) in [6, 6.07) is 17.2. The number of rotatable bonds is 16. The smallest absolute Gasteiger partial charge is 0.273 e. The Bertz CT molecular complexity index is 2270. The SMILES string of the molecule is Cc1ncccc1C(=O)NCCCNC(=O)c1cc(-c2ccc(Cc3ccc(C(=O)NCCCNC(=O)c4cc(-c5cccs5)on4)c(=O)[nH]3)s2)on1. The first-order chi connectivity index (χ1) is 25.7. The van der Waals surface area contributed by atoms with E-state index in [-0.39, 0.29) is 41.9 Å². The van der Waals surface area contributed by atoms with Crippen LogP contribution in [0.25, 0.3) is 21.3 Å². The van der Waals surface area contributed by atoms with Gasteiger partial charge in [-0.2, -0.15) is 0 Å². The van der Waals surface area contributed by atoms with Crippen molar-refractivity contribution < 1.29 is 28.2 Å². The molecule has 0 radical (unpaired) electrons. The van der Waals surface area contributed by atoms with Crippen LogP contribution in [0.2, 0.25) is 0 Å². The number of nitrogens with zero attached hydrogens (tertiary/aromatic N) is 3. The third-order valence-corrected chi connectivity index (χ3v) is 9.82. The highest BCUT2D eigenvalue weighted by Crippen LogP contribution is 2.30. The molecule has 0 saturated heterocycles. The normalized spacial score (nSPS) is 10.9. The van der Waals surface area contributed by atoms with Gasteiger partial charge in [-0.05, 0) is 67.6 Å². The number of H-pyrrole nitrogens is 1. The van der Waals surface area contributed by atoms with E-state index in [1.165, 1.54) is 28.7 Å². The number of nitrogens with one attached hydrogen (secondary N) is 5. The molecule has 6 rings (SSSR count). The number of carbonyl (C=O) groups excluding carboxylic acids is 4. The van der Waals surface area contributed by atoms with Gasteiger partial charge in [0.2, 0.25) is 0 Å². The summed E-state index contributed by atoms with van der Waals surface area (Å²) in [6.07, 6.45) is 2.99. The van der Waals surface area contributed by atoms with Crippen molar-refractivity contribution in [2.45, 2.75) is 26.2 Å². The summed E-state index contributed by atoms with van der Waals surface area (Å²) in [5.41, 5.74) is 1.52. The number of pyridine rings is 2. The second kappa shape index (κ2) is 17.3. The van der Waals surface area contributed by atoms with Gasteiger partial charge in [-0.1, -0.05) is 16.4 Å². The molecule has 6 heterocycles. The minimum Gasteiger partial charge on any atom is -0.355 e. The summed E-state index contributed by atoms with van der Waals surface area (Å²) in [5.74, 6) is -0.578. The van der Waals surface area contributed by atoms with Crippen LogP contribution in [0, 0.1) is 6.92 Å². The summed E-state index contributed by atoms with van der Waals surface area (Å²) in [5, 5.41) is 20.6. The quantitative estimate of drug-likeness (QED) is 0.0888. The molecule has 5 N–H and O–H groups in total. The maximum absolute atomic E-state index is 12.7. The molecule has 15 nitrogen and oxygen atoms in total. The zero-order valence-corrected chi connectivity index (χ0v) is 30.0. The van der Waals surface area contributed by atoms with Gasteiger partial charge >= 0.3 is 0 Å². The fourth-order valence-corrected chi connectivity index (χ4v) is 6.74. The van der Waals surface area contributed by atoms with Gasteiger partial charge in [-0.15, -0.1) is 22.7 Å². The van der Waals surface area contributed by atoms with Crippen molar-refractivity contribution in [1.29, 1.82) is 0 Å². The molecular weight excluding hydrogens is 721 g/mol. The van der Waals surface area contributed by atoms with Crippen LogP contribution >= 0.6 is 22.7 Å². The summed E-state index contributed by atoms with van der Waals surface area (Å²) in [7, 11) is 0. The van der Waals surface area contributed by atoms with Gasteiger partial charge in [0.1, 0.15) is 5.56 Å². The lowest BCUT2D eigenvalue weighted by molar-refractivity contribution is 0.0929. The van der Waals surface area contributed by atoms with E-state index in [1.54, 1.807) is 43.5 Å². The third kappa shape index (κ3) is 9.57. The molecule has 17 heteroatoms. The zero-order valence-electron chi connectivity index (χ0n) is 28.4. The molecule has 0 saturated carbocycles. The topological polar surface area (TPSA) is 214 Å². The van der Waals surface area contributed by atoms with Crippen molar-refractivity contribution in [1.82, 2.24) is 41.5 Å². The van der Waals surface area contributed by atoms with Crippen molar-refractivity contribution in [3.8, 4) is 21.3 Å². The van der Waals surface area contributed by atoms with E-state index in [0.717, 1.165) is 14.6 Å². The largest absolute Gasteiger partial charge is 0.355 e. The molecule has 6 aromatic rings. The lowest BCUT2D eigenvalue weighted by Crippen LogP contribution is -2.33. The molecule has 0 aromatic carbocycles. The Labute approximate surface area is 310 Å². The second-order valence-electron chi connectivity index (χ2n) is 11.7. The number of aromatic nitrogens is 4. The van der Waals surface area contributed by atoms with Crippen molar-refractivity contribution in [2.24, 2.45) is 0 Å². The van der Waals surface area contributed by atoms with Gasteiger partial charge in [0.25, 0.3) is 29.2 Å². The van der Waals surface area contributed by atoms with Gasteiger partial charge in [-0.3, -0.25) is 29.0 Å². The van der Waals surface area contributed by atoms with Crippen LogP contribution in [0.15, 0.2) is 86.1 Å². The molecule has 0 unspecified atom stereocenters. The highest BCUT2D eigenvalue weighted by atomic mass is 32.1. The van der Waals surface area contributed by atoms with Crippen molar-refractivity contribution in [3.05, 3.63) is 121 Å². The molecule has 4 amide bonds. The average molecular weight is 755 g/mol. The van der Waals surface area contributed by atoms with Crippen LogP contribution in [0.1, 0.15) is 70.8 Å². The first kappa shape index (κ1) is 36.6. The Kier molecular flexibility index (Phi) is 12.0. The first-order valence-corrected chi connectivity index (χ1v) is 18.3. The molecule has 272 valence electrons. The van der Waals surface area contributed by atoms with E-state index < -0.39 is 17.4 Å². The summed E-state index contributed by atoms with van der Waals surface area (Å²) in [4.78, 5) is 72.0. The zero-order chi connectivity index (χ0) is 37.2. The molecule has 0 spiro atoms. The van der Waals surface area contributed by atoms with Crippen LogP contribution in [-0.4, -0.2) is 70.1 Å². The van der Waals surface area contributed by atoms with Crippen LogP contribution in [0.4, 0.5) is 0 Å². The predicted octanol–water partition coefficient (Wildman–Crippen LogP) is 4.20. The predicted molar refractivity (Wildman–Crippen MR) is 197 cm³/mol. The van der Waals surface area contributed by atoms with E-state index in [9.17, 15) is 24.0 Å². The first-order valence-electron chi connectivity index (χ1n) is 16.6. The van der Waals surface area contributed by atoms with Gasteiger partial charge in [-0.25, -0.2) is 0 Å². The lowest BCUT2D eigenvalue weighted by Gasteiger charge is -2.07. The number of amides is 4. The number of carbonyl (C=O) groups is 4. The molecule has 0 aliphatic carbocycles. The van der Waals surface area contributed by atoms with Gasteiger partial charge in [0.15, 0.2) is 22.9 Å². The van der Waals surface area contributed by atoms with Crippen LogP contribution in [0.5, 0.6) is 0 Å². The fourth-order valence-electron chi connectivity index (χ4n) is 5.09. The number of hydrogen-bond acceptors (Lipinski definition) is 12. The summed E-state index contributed by atoms with van der Waals surface area (Å²) >= 11 is 2.89. The maximum atomic E-state index is 12.7. The van der Waals surface area contributed by atoms with E-state index in [4.69, 9.17) is 9.05 Å². The highest BCUT2D eigenvalue weighted by Gasteiger charge is 2.17. The molecule has 0 atom stereocenters. The molecule has 0 bridgehead atoms. The van der Waals surface area contributed by atoms with E-state index in [1.807, 2.05) is 29.6 Å². The monoisotopic (exact) mass is 754 g/mol. The van der Waals surface area contributed by atoms with Gasteiger partial charge in [0.05, 0.1) is 15.3 Å². The number of thiophene rings is 2. The molecule has 0 aliphatic heterocycles. The van der Waals surface area contributed by atoms with Crippen LogP contribution in [0.3, 0.4) is 0 Å². The number of hydrogen-bond donors (Lipinski definition) is 5. The number of aromatic amines is 1. The standard InChI is InChI=1S/C36H34N8O7S2/c1-21-24(6-2-12-37-21)32(45)38-13-4-15-41-36(49)27-20-29(51-44-27)31-11-9-23(53-31)18-22-8-10-25(34(47)42-22)33(46)39-14-5-16-40-35(48)26-19-28(50-43-26)30-7-3-17-52-30/h2-3,6-12,17,19-20H,4-5,13-16,18H2,1H3,(H,38,45)(H,39,46)(H,40,48)(H,41,49)(H,42,47). The van der Waals surface area contributed by atoms with Gasteiger partial charge in [0, 0.05) is 67.2 Å². The van der Waals surface area contributed by atoms with E-state index in [2.05, 4.69) is 41.5 Å². The molecule has 0 fully saturated rings. The Morgan fingerprint density at radius 2 is 1.34 bits per heavy atom. The average Bonchev–Trinajstić information content (AvgIpc) is 3.99. The summed E-state index contributed by atoms with van der Waals surface area (Å²) < 4.78 is 10.6. The molecule has 6 aromatic heterocycles. The Hall–Kier alpha value is -6.20. The third-order valence-electron chi connectivity index (χ3n) is 7.83. The molecular formula is C36H34N8O7S2.